The fourth-order valence-electron chi connectivity index (χ4n) is 2.72. The molecule has 0 aromatic heterocycles. The van der Waals surface area contributed by atoms with Crippen LogP contribution < -0.4 is 5.32 Å². The molecule has 0 amide bonds. The van der Waals surface area contributed by atoms with E-state index in [1.807, 2.05) is 11.8 Å². The predicted molar refractivity (Wildman–Crippen MR) is 71.6 cm³/mol. The van der Waals surface area contributed by atoms with Gasteiger partial charge in [-0.3, -0.25) is 0 Å². The van der Waals surface area contributed by atoms with Crippen molar-refractivity contribution in [3.8, 4) is 0 Å². The van der Waals surface area contributed by atoms with Gasteiger partial charge in [0.25, 0.3) is 0 Å². The molecule has 1 saturated carbocycles. The molecule has 1 N–H and O–H groups in total. The Bertz CT molecular complexity index is 159. The molecule has 0 spiro atoms. The number of thioether (sulfide) groups is 1. The largest absolute Gasteiger partial charge is 0.313 e. The summed E-state index contributed by atoms with van der Waals surface area (Å²) in [6, 6.07) is 0.814. The van der Waals surface area contributed by atoms with Crippen LogP contribution in [0.3, 0.4) is 0 Å². The Morgan fingerprint density at radius 3 is 2.80 bits per heavy atom. The quantitative estimate of drug-likeness (QED) is 0.699. The number of rotatable bonds is 6. The molecule has 90 valence electrons. The van der Waals surface area contributed by atoms with Crippen molar-refractivity contribution in [2.24, 2.45) is 11.8 Å². The third-order valence-electron chi connectivity index (χ3n) is 3.33. The molecular formula is C13H27NS. The van der Waals surface area contributed by atoms with Gasteiger partial charge < -0.3 is 5.32 Å². The van der Waals surface area contributed by atoms with Gasteiger partial charge in [0.05, 0.1) is 0 Å². The highest BCUT2D eigenvalue weighted by atomic mass is 32.2. The van der Waals surface area contributed by atoms with Crippen molar-refractivity contribution in [3.05, 3.63) is 0 Å². The van der Waals surface area contributed by atoms with E-state index < -0.39 is 0 Å². The molecule has 15 heavy (non-hydrogen) atoms. The molecule has 2 heteroatoms. The van der Waals surface area contributed by atoms with Gasteiger partial charge in [-0.25, -0.2) is 0 Å². The Balaban J connectivity index is 2.17. The molecule has 0 saturated heterocycles. The third-order valence-corrected chi connectivity index (χ3v) is 3.94. The van der Waals surface area contributed by atoms with Crippen LogP contribution in [0.15, 0.2) is 0 Å². The first-order valence-electron chi connectivity index (χ1n) is 6.44. The molecule has 2 atom stereocenters. The van der Waals surface area contributed by atoms with Gasteiger partial charge in [0.15, 0.2) is 0 Å². The summed E-state index contributed by atoms with van der Waals surface area (Å²) in [5.74, 6) is 3.12. The van der Waals surface area contributed by atoms with Crippen molar-refractivity contribution in [1.82, 2.24) is 5.32 Å². The van der Waals surface area contributed by atoms with Gasteiger partial charge in [0.2, 0.25) is 0 Å². The summed E-state index contributed by atoms with van der Waals surface area (Å²) in [5, 5.41) is 3.70. The lowest BCUT2D eigenvalue weighted by atomic mass is 9.81. The molecule has 0 bridgehead atoms. The van der Waals surface area contributed by atoms with Crippen molar-refractivity contribution >= 4 is 11.8 Å². The van der Waals surface area contributed by atoms with Crippen LogP contribution in [-0.4, -0.2) is 24.6 Å². The number of hydrogen-bond donors (Lipinski definition) is 1. The standard InChI is InChI=1S/C13H27NS/c1-11(2)9-12-5-4-6-13(10-12)14-7-8-15-3/h11-14H,4-10H2,1-3H3. The molecule has 1 aliphatic rings. The van der Waals surface area contributed by atoms with E-state index in [9.17, 15) is 0 Å². The van der Waals surface area contributed by atoms with Crippen LogP contribution >= 0.6 is 11.8 Å². The smallest absolute Gasteiger partial charge is 0.00700 e. The van der Waals surface area contributed by atoms with Crippen LogP contribution in [-0.2, 0) is 0 Å². The van der Waals surface area contributed by atoms with Gasteiger partial charge in [-0.1, -0.05) is 26.7 Å². The maximum absolute atomic E-state index is 3.70. The van der Waals surface area contributed by atoms with Crippen LogP contribution in [0.1, 0.15) is 46.0 Å². The summed E-state index contributed by atoms with van der Waals surface area (Å²) in [6.45, 7) is 5.90. The van der Waals surface area contributed by atoms with Crippen LogP contribution in [0.2, 0.25) is 0 Å². The van der Waals surface area contributed by atoms with E-state index in [-0.39, 0.29) is 0 Å². The SMILES string of the molecule is CSCCNC1CCCC(CC(C)C)C1. The van der Waals surface area contributed by atoms with Crippen LogP contribution in [0.25, 0.3) is 0 Å². The number of nitrogens with one attached hydrogen (secondary N) is 1. The minimum Gasteiger partial charge on any atom is -0.313 e. The highest BCUT2D eigenvalue weighted by molar-refractivity contribution is 7.98. The molecule has 1 aliphatic carbocycles. The zero-order chi connectivity index (χ0) is 11.1. The van der Waals surface area contributed by atoms with Crippen molar-refractivity contribution in [2.75, 3.05) is 18.6 Å². The van der Waals surface area contributed by atoms with Crippen molar-refractivity contribution in [2.45, 2.75) is 52.0 Å². The first-order chi connectivity index (χ1) is 7.22. The summed E-state index contributed by atoms with van der Waals surface area (Å²) in [6.07, 6.45) is 9.35. The Morgan fingerprint density at radius 2 is 2.13 bits per heavy atom. The highest BCUT2D eigenvalue weighted by Crippen LogP contribution is 2.29. The Kier molecular flexibility index (Phi) is 6.74. The zero-order valence-electron chi connectivity index (χ0n) is 10.6. The predicted octanol–water partition coefficient (Wildman–Crippen LogP) is 3.54. The Hall–Kier alpha value is 0.310. The maximum atomic E-state index is 3.70. The van der Waals surface area contributed by atoms with E-state index >= 15 is 0 Å². The third kappa shape index (κ3) is 5.82. The molecular weight excluding hydrogens is 202 g/mol. The lowest BCUT2D eigenvalue weighted by molar-refractivity contribution is 0.255. The maximum Gasteiger partial charge on any atom is 0.00700 e. The molecule has 0 radical (unpaired) electrons. The second-order valence-corrected chi connectivity index (χ2v) is 6.29. The van der Waals surface area contributed by atoms with E-state index in [1.165, 1.54) is 44.4 Å². The average molecular weight is 229 g/mol. The molecule has 0 aromatic carbocycles. The van der Waals surface area contributed by atoms with Crippen molar-refractivity contribution < 1.29 is 0 Å². The summed E-state index contributed by atoms with van der Waals surface area (Å²) >= 11 is 1.94. The second-order valence-electron chi connectivity index (χ2n) is 5.31. The van der Waals surface area contributed by atoms with Gasteiger partial charge in [-0.15, -0.1) is 0 Å². The van der Waals surface area contributed by atoms with E-state index in [0.717, 1.165) is 17.9 Å². The molecule has 0 aromatic rings. The van der Waals surface area contributed by atoms with E-state index in [4.69, 9.17) is 0 Å². The first kappa shape index (κ1) is 13.4. The summed E-state index contributed by atoms with van der Waals surface area (Å²) in [5.41, 5.74) is 0. The average Bonchev–Trinajstić information content (AvgIpc) is 2.18. The Morgan fingerprint density at radius 1 is 1.33 bits per heavy atom. The number of hydrogen-bond acceptors (Lipinski definition) is 2. The first-order valence-corrected chi connectivity index (χ1v) is 7.84. The van der Waals surface area contributed by atoms with E-state index in [0.29, 0.717) is 0 Å². The summed E-state index contributed by atoms with van der Waals surface area (Å²) < 4.78 is 0. The summed E-state index contributed by atoms with van der Waals surface area (Å²) in [4.78, 5) is 0. The lowest BCUT2D eigenvalue weighted by Crippen LogP contribution is -2.35. The molecule has 1 rings (SSSR count). The van der Waals surface area contributed by atoms with Crippen molar-refractivity contribution in [1.29, 1.82) is 0 Å². The van der Waals surface area contributed by atoms with Gasteiger partial charge in [-0.05, 0) is 37.4 Å². The highest BCUT2D eigenvalue weighted by Gasteiger charge is 2.21. The minimum atomic E-state index is 0.814. The van der Waals surface area contributed by atoms with E-state index in [1.54, 1.807) is 0 Å². The monoisotopic (exact) mass is 229 g/mol. The fourth-order valence-corrected chi connectivity index (χ4v) is 3.04. The van der Waals surface area contributed by atoms with Crippen LogP contribution in [0, 0.1) is 11.8 Å². The normalized spacial score (nSPS) is 27.2. The Labute approximate surface area is 99.8 Å². The van der Waals surface area contributed by atoms with Gasteiger partial charge in [0.1, 0.15) is 0 Å². The second kappa shape index (κ2) is 7.56. The molecule has 1 fully saturated rings. The van der Waals surface area contributed by atoms with Crippen LogP contribution in [0.4, 0.5) is 0 Å². The topological polar surface area (TPSA) is 12.0 Å². The minimum absolute atomic E-state index is 0.814. The zero-order valence-corrected chi connectivity index (χ0v) is 11.4. The van der Waals surface area contributed by atoms with Gasteiger partial charge >= 0.3 is 0 Å². The molecule has 2 unspecified atom stereocenters. The molecule has 0 heterocycles. The van der Waals surface area contributed by atoms with Crippen molar-refractivity contribution in [3.63, 3.8) is 0 Å². The molecule has 0 aliphatic heterocycles. The molecule has 1 nitrogen and oxygen atoms in total. The van der Waals surface area contributed by atoms with Gasteiger partial charge in [0, 0.05) is 18.3 Å². The summed E-state index contributed by atoms with van der Waals surface area (Å²) in [7, 11) is 0. The van der Waals surface area contributed by atoms with Gasteiger partial charge in [-0.2, -0.15) is 11.8 Å². The fraction of sp³-hybridized carbons (Fsp3) is 1.00. The van der Waals surface area contributed by atoms with Crippen LogP contribution in [0.5, 0.6) is 0 Å². The van der Waals surface area contributed by atoms with E-state index in [2.05, 4.69) is 25.4 Å². The lowest BCUT2D eigenvalue weighted by Gasteiger charge is -2.30.